The Hall–Kier alpha value is -1.10. The van der Waals surface area contributed by atoms with Crippen LogP contribution < -0.4 is 4.74 Å². The predicted molar refractivity (Wildman–Crippen MR) is 60.4 cm³/mol. The first-order valence-corrected chi connectivity index (χ1v) is 5.25. The van der Waals surface area contributed by atoms with Crippen LogP contribution in [0.2, 0.25) is 0 Å². The zero-order valence-electron chi connectivity index (χ0n) is 9.55. The number of rotatable bonds is 5. The summed E-state index contributed by atoms with van der Waals surface area (Å²) in [6.07, 6.45) is -1.52. The molecule has 4 heteroatoms. The number of aliphatic hydroxyl groups excluding tert-OH is 3. The lowest BCUT2D eigenvalue weighted by atomic mass is 10.1. The van der Waals surface area contributed by atoms with Crippen LogP contribution in [0.5, 0.6) is 5.75 Å². The van der Waals surface area contributed by atoms with Crippen LogP contribution in [-0.4, -0.2) is 34.6 Å². The zero-order valence-corrected chi connectivity index (χ0v) is 9.55. The van der Waals surface area contributed by atoms with Gasteiger partial charge in [0.2, 0.25) is 0 Å². The second-order valence-electron chi connectivity index (χ2n) is 3.86. The van der Waals surface area contributed by atoms with Crippen LogP contribution in [-0.2, 0) is 0 Å². The molecule has 0 aromatic heterocycles. The average molecular weight is 226 g/mol. The third kappa shape index (κ3) is 3.48. The number of aryl methyl sites for hydroxylation is 1. The Kier molecular flexibility index (Phi) is 4.73. The molecule has 0 aliphatic heterocycles. The van der Waals surface area contributed by atoms with Gasteiger partial charge in [0.1, 0.15) is 18.5 Å². The van der Waals surface area contributed by atoms with E-state index in [-0.39, 0.29) is 13.2 Å². The molecule has 0 aliphatic carbocycles. The first-order valence-electron chi connectivity index (χ1n) is 5.25. The Balaban J connectivity index is 2.78. The van der Waals surface area contributed by atoms with Crippen molar-refractivity contribution in [1.82, 2.24) is 0 Å². The Bertz CT molecular complexity index is 336. The molecule has 1 aromatic carbocycles. The third-order valence-corrected chi connectivity index (χ3v) is 2.26. The highest BCUT2D eigenvalue weighted by molar-refractivity contribution is 5.38. The standard InChI is InChI=1S/C12H18O4/c1-8-3-4-12(11(5-8)9(2)14)16-7-10(15)6-13/h3-5,9-10,13-15H,6-7H2,1-2H3. The monoisotopic (exact) mass is 226 g/mol. The first kappa shape index (κ1) is 13.0. The SMILES string of the molecule is Cc1ccc(OCC(O)CO)c(C(C)O)c1. The second-order valence-corrected chi connectivity index (χ2v) is 3.86. The lowest BCUT2D eigenvalue weighted by Crippen LogP contribution is -2.21. The highest BCUT2D eigenvalue weighted by Crippen LogP contribution is 2.26. The molecule has 2 unspecified atom stereocenters. The topological polar surface area (TPSA) is 69.9 Å². The zero-order chi connectivity index (χ0) is 12.1. The quantitative estimate of drug-likeness (QED) is 0.694. The van der Waals surface area contributed by atoms with E-state index in [0.29, 0.717) is 11.3 Å². The number of hydrogen-bond donors (Lipinski definition) is 3. The Morgan fingerprint density at radius 1 is 1.31 bits per heavy atom. The molecule has 0 saturated heterocycles. The van der Waals surface area contributed by atoms with Crippen LogP contribution >= 0.6 is 0 Å². The average Bonchev–Trinajstić information content (AvgIpc) is 2.26. The fraction of sp³-hybridized carbons (Fsp3) is 0.500. The minimum Gasteiger partial charge on any atom is -0.490 e. The molecule has 0 fully saturated rings. The Labute approximate surface area is 95.1 Å². The molecule has 0 radical (unpaired) electrons. The lowest BCUT2D eigenvalue weighted by molar-refractivity contribution is 0.0523. The third-order valence-electron chi connectivity index (χ3n) is 2.26. The van der Waals surface area contributed by atoms with Crippen LogP contribution in [0, 0.1) is 6.92 Å². The molecule has 0 heterocycles. The molecule has 2 atom stereocenters. The van der Waals surface area contributed by atoms with Gasteiger partial charge in [-0.1, -0.05) is 11.6 Å². The normalized spacial score (nSPS) is 14.6. The van der Waals surface area contributed by atoms with Crippen molar-refractivity contribution in [3.63, 3.8) is 0 Å². The molecular formula is C12H18O4. The summed E-state index contributed by atoms with van der Waals surface area (Å²) in [6, 6.07) is 5.46. The molecular weight excluding hydrogens is 208 g/mol. The molecule has 1 rings (SSSR count). The van der Waals surface area contributed by atoms with E-state index in [1.54, 1.807) is 13.0 Å². The largest absolute Gasteiger partial charge is 0.490 e. The van der Waals surface area contributed by atoms with Crippen LogP contribution in [0.1, 0.15) is 24.2 Å². The van der Waals surface area contributed by atoms with Crippen LogP contribution in [0.4, 0.5) is 0 Å². The van der Waals surface area contributed by atoms with Gasteiger partial charge in [0.05, 0.1) is 12.7 Å². The highest BCUT2D eigenvalue weighted by atomic mass is 16.5. The number of ether oxygens (including phenoxy) is 1. The van der Waals surface area contributed by atoms with Gasteiger partial charge in [-0.25, -0.2) is 0 Å². The van der Waals surface area contributed by atoms with Crippen LogP contribution in [0.3, 0.4) is 0 Å². The summed E-state index contributed by atoms with van der Waals surface area (Å²) >= 11 is 0. The van der Waals surface area contributed by atoms with Gasteiger partial charge >= 0.3 is 0 Å². The smallest absolute Gasteiger partial charge is 0.125 e. The van der Waals surface area contributed by atoms with Gasteiger partial charge in [-0.3, -0.25) is 0 Å². The summed E-state index contributed by atoms with van der Waals surface area (Å²) in [5, 5.41) is 27.4. The summed E-state index contributed by atoms with van der Waals surface area (Å²) in [5.74, 6) is 0.535. The van der Waals surface area contributed by atoms with Gasteiger partial charge < -0.3 is 20.1 Å². The van der Waals surface area contributed by atoms with E-state index >= 15 is 0 Å². The van der Waals surface area contributed by atoms with Gasteiger partial charge in [0, 0.05) is 5.56 Å². The molecule has 0 aliphatic rings. The minimum atomic E-state index is -0.900. The van der Waals surface area contributed by atoms with Crippen molar-refractivity contribution in [2.75, 3.05) is 13.2 Å². The van der Waals surface area contributed by atoms with E-state index in [1.807, 2.05) is 19.1 Å². The first-order chi connectivity index (χ1) is 7.54. The van der Waals surface area contributed by atoms with Gasteiger partial charge in [-0.05, 0) is 26.0 Å². The Morgan fingerprint density at radius 3 is 2.56 bits per heavy atom. The maximum Gasteiger partial charge on any atom is 0.125 e. The van der Waals surface area contributed by atoms with Crippen molar-refractivity contribution in [3.05, 3.63) is 29.3 Å². The second kappa shape index (κ2) is 5.84. The molecule has 0 saturated carbocycles. The van der Waals surface area contributed by atoms with Gasteiger partial charge in [0.15, 0.2) is 0 Å². The summed E-state index contributed by atoms with van der Waals surface area (Å²) in [5.41, 5.74) is 1.72. The molecule has 0 spiro atoms. The van der Waals surface area contributed by atoms with E-state index in [0.717, 1.165) is 5.56 Å². The fourth-order valence-corrected chi connectivity index (χ4v) is 1.36. The molecule has 0 bridgehead atoms. The maximum absolute atomic E-state index is 9.56. The van der Waals surface area contributed by atoms with E-state index in [9.17, 15) is 5.11 Å². The van der Waals surface area contributed by atoms with E-state index in [4.69, 9.17) is 14.9 Å². The predicted octanol–water partition coefficient (Wildman–Crippen LogP) is 0.780. The van der Waals surface area contributed by atoms with Crippen molar-refractivity contribution in [2.24, 2.45) is 0 Å². The van der Waals surface area contributed by atoms with Gasteiger partial charge in [-0.2, -0.15) is 0 Å². The van der Waals surface area contributed by atoms with Gasteiger partial charge in [0.25, 0.3) is 0 Å². The number of hydrogen-bond acceptors (Lipinski definition) is 4. The highest BCUT2D eigenvalue weighted by Gasteiger charge is 2.11. The van der Waals surface area contributed by atoms with Crippen LogP contribution in [0.15, 0.2) is 18.2 Å². The summed E-state index contributed by atoms with van der Waals surface area (Å²) in [7, 11) is 0. The Morgan fingerprint density at radius 2 is 2.00 bits per heavy atom. The molecule has 0 amide bonds. The minimum absolute atomic E-state index is 0.0132. The van der Waals surface area contributed by atoms with Crippen molar-refractivity contribution in [1.29, 1.82) is 0 Å². The van der Waals surface area contributed by atoms with Crippen LogP contribution in [0.25, 0.3) is 0 Å². The molecule has 16 heavy (non-hydrogen) atoms. The van der Waals surface area contributed by atoms with Crippen molar-refractivity contribution < 1.29 is 20.1 Å². The van der Waals surface area contributed by atoms with Gasteiger partial charge in [-0.15, -0.1) is 0 Å². The van der Waals surface area contributed by atoms with E-state index in [2.05, 4.69) is 0 Å². The van der Waals surface area contributed by atoms with E-state index in [1.165, 1.54) is 0 Å². The fourth-order valence-electron chi connectivity index (χ4n) is 1.36. The van der Waals surface area contributed by atoms with Crippen molar-refractivity contribution in [3.8, 4) is 5.75 Å². The van der Waals surface area contributed by atoms with E-state index < -0.39 is 12.2 Å². The summed E-state index contributed by atoms with van der Waals surface area (Å²) in [4.78, 5) is 0. The molecule has 1 aromatic rings. The number of aliphatic hydroxyl groups is 3. The summed E-state index contributed by atoms with van der Waals surface area (Å²) < 4.78 is 5.34. The molecule has 4 nitrogen and oxygen atoms in total. The van der Waals surface area contributed by atoms with Crippen molar-refractivity contribution in [2.45, 2.75) is 26.1 Å². The summed E-state index contributed by atoms with van der Waals surface area (Å²) in [6.45, 7) is 3.26. The lowest BCUT2D eigenvalue weighted by Gasteiger charge is -2.15. The molecule has 3 N–H and O–H groups in total. The molecule has 90 valence electrons. The van der Waals surface area contributed by atoms with Crippen molar-refractivity contribution >= 4 is 0 Å². The maximum atomic E-state index is 9.56. The number of benzene rings is 1.